The van der Waals surface area contributed by atoms with E-state index in [2.05, 4.69) is 15.6 Å². The van der Waals surface area contributed by atoms with Gasteiger partial charge in [0.2, 0.25) is 5.91 Å². The Bertz CT molecular complexity index is 359. The lowest BCUT2D eigenvalue weighted by molar-refractivity contribution is -0.124. The molecule has 1 aromatic rings. The van der Waals surface area contributed by atoms with Crippen molar-refractivity contribution in [2.75, 3.05) is 19.7 Å². The number of carbonyl (C=O) groups is 1. The lowest BCUT2D eigenvalue weighted by Crippen LogP contribution is -2.41. The normalized spacial score (nSPS) is 17.8. The fourth-order valence-electron chi connectivity index (χ4n) is 1.73. The molecule has 0 aliphatic carbocycles. The van der Waals surface area contributed by atoms with E-state index in [1.165, 1.54) is 0 Å². The van der Waals surface area contributed by atoms with E-state index >= 15 is 0 Å². The maximum Gasteiger partial charge on any atom is 0.222 e. The molecule has 1 aromatic heterocycles. The predicted octanol–water partition coefficient (Wildman–Crippen LogP) is 0.920. The summed E-state index contributed by atoms with van der Waals surface area (Å²) in [7, 11) is 0. The van der Waals surface area contributed by atoms with Crippen LogP contribution >= 0.6 is 24.8 Å². The zero-order chi connectivity index (χ0) is 11.9. The molecular weight excluding hydrogens is 289 g/mol. The topological polar surface area (TPSA) is 63.2 Å². The van der Waals surface area contributed by atoms with E-state index in [1.54, 1.807) is 12.4 Å². The Kier molecular flexibility index (Phi) is 9.51. The molecular formula is C12H19Cl2N3O2. The van der Waals surface area contributed by atoms with E-state index in [1.807, 2.05) is 12.1 Å². The molecule has 1 fully saturated rings. The van der Waals surface area contributed by atoms with Crippen molar-refractivity contribution in [1.82, 2.24) is 15.6 Å². The van der Waals surface area contributed by atoms with Crippen molar-refractivity contribution < 1.29 is 9.53 Å². The summed E-state index contributed by atoms with van der Waals surface area (Å²) in [5, 5.41) is 6.06. The highest BCUT2D eigenvalue weighted by molar-refractivity contribution is 5.85. The van der Waals surface area contributed by atoms with E-state index in [9.17, 15) is 4.79 Å². The molecule has 0 aromatic carbocycles. The number of ether oxygens (including phenoxy) is 1. The predicted molar refractivity (Wildman–Crippen MR) is 77.8 cm³/mol. The summed E-state index contributed by atoms with van der Waals surface area (Å²) in [5.74, 6) is 0.0163. The van der Waals surface area contributed by atoms with E-state index in [0.717, 1.165) is 18.7 Å². The maximum atomic E-state index is 11.6. The first-order chi connectivity index (χ1) is 8.34. The van der Waals surface area contributed by atoms with Crippen molar-refractivity contribution >= 4 is 30.7 Å². The van der Waals surface area contributed by atoms with E-state index < -0.39 is 0 Å². The maximum absolute atomic E-state index is 11.6. The van der Waals surface area contributed by atoms with Gasteiger partial charge in [-0.05, 0) is 11.6 Å². The monoisotopic (exact) mass is 307 g/mol. The first-order valence-electron chi connectivity index (χ1n) is 5.82. The number of hydrogen-bond donors (Lipinski definition) is 2. The van der Waals surface area contributed by atoms with Crippen LogP contribution in [0.15, 0.2) is 24.5 Å². The van der Waals surface area contributed by atoms with Crippen LogP contribution in [-0.2, 0) is 16.1 Å². The molecule has 0 bridgehead atoms. The highest BCUT2D eigenvalue weighted by Crippen LogP contribution is 2.02. The number of halogens is 2. The Balaban J connectivity index is 0.00000162. The number of rotatable bonds is 4. The van der Waals surface area contributed by atoms with Crippen molar-refractivity contribution in [2.24, 2.45) is 0 Å². The van der Waals surface area contributed by atoms with Gasteiger partial charge >= 0.3 is 0 Å². The number of pyridine rings is 1. The van der Waals surface area contributed by atoms with E-state index in [-0.39, 0.29) is 36.8 Å². The molecule has 0 radical (unpaired) electrons. The molecule has 5 nitrogen and oxygen atoms in total. The number of amides is 1. The molecule has 0 saturated carbocycles. The Morgan fingerprint density at radius 1 is 1.53 bits per heavy atom. The fourth-order valence-corrected chi connectivity index (χ4v) is 1.73. The lowest BCUT2D eigenvalue weighted by atomic mass is 10.2. The van der Waals surface area contributed by atoms with Gasteiger partial charge in [-0.1, -0.05) is 6.07 Å². The number of carbonyl (C=O) groups excluding carboxylic acids is 1. The molecule has 7 heteroatoms. The Morgan fingerprint density at radius 3 is 3.00 bits per heavy atom. The Hall–Kier alpha value is -0.880. The van der Waals surface area contributed by atoms with Crippen molar-refractivity contribution in [2.45, 2.75) is 19.1 Å². The highest BCUT2D eigenvalue weighted by Gasteiger charge is 2.16. The Morgan fingerprint density at radius 2 is 2.37 bits per heavy atom. The van der Waals surface area contributed by atoms with Crippen LogP contribution < -0.4 is 10.6 Å². The molecule has 1 unspecified atom stereocenters. The molecule has 1 saturated heterocycles. The average molecular weight is 308 g/mol. The number of morpholine rings is 1. The summed E-state index contributed by atoms with van der Waals surface area (Å²) in [6.07, 6.45) is 3.87. The zero-order valence-electron chi connectivity index (χ0n) is 10.5. The number of nitrogens with one attached hydrogen (secondary N) is 2. The summed E-state index contributed by atoms with van der Waals surface area (Å²) in [5.41, 5.74) is 1.00. The van der Waals surface area contributed by atoms with Gasteiger partial charge in [-0.15, -0.1) is 24.8 Å². The molecule has 19 heavy (non-hydrogen) atoms. The van der Waals surface area contributed by atoms with Gasteiger partial charge in [-0.3, -0.25) is 9.78 Å². The second-order valence-corrected chi connectivity index (χ2v) is 4.04. The van der Waals surface area contributed by atoms with Crippen molar-refractivity contribution in [3.05, 3.63) is 30.1 Å². The SMILES string of the molecule is Cl.Cl.O=C(CC1CNCCO1)NCc1cccnc1. The zero-order valence-corrected chi connectivity index (χ0v) is 12.1. The number of hydrogen-bond acceptors (Lipinski definition) is 4. The van der Waals surface area contributed by atoms with Gasteiger partial charge in [0.1, 0.15) is 0 Å². The minimum absolute atomic E-state index is 0. The molecule has 2 rings (SSSR count). The molecule has 108 valence electrons. The van der Waals surface area contributed by atoms with Gasteiger partial charge < -0.3 is 15.4 Å². The van der Waals surface area contributed by atoms with Crippen molar-refractivity contribution in [1.29, 1.82) is 0 Å². The van der Waals surface area contributed by atoms with Gasteiger partial charge in [-0.25, -0.2) is 0 Å². The highest BCUT2D eigenvalue weighted by atomic mass is 35.5. The third-order valence-electron chi connectivity index (χ3n) is 2.63. The van der Waals surface area contributed by atoms with Crippen LogP contribution in [0.3, 0.4) is 0 Å². The summed E-state index contributed by atoms with van der Waals surface area (Å²) < 4.78 is 5.46. The molecule has 1 amide bonds. The quantitative estimate of drug-likeness (QED) is 0.868. The van der Waals surface area contributed by atoms with Crippen LogP contribution in [0.5, 0.6) is 0 Å². The van der Waals surface area contributed by atoms with Gasteiger partial charge in [0, 0.05) is 32.0 Å². The van der Waals surface area contributed by atoms with Gasteiger partial charge in [0.25, 0.3) is 0 Å². The molecule has 2 heterocycles. The molecule has 2 N–H and O–H groups in total. The van der Waals surface area contributed by atoms with Crippen LogP contribution in [-0.4, -0.2) is 36.7 Å². The van der Waals surface area contributed by atoms with Crippen molar-refractivity contribution in [3.63, 3.8) is 0 Å². The summed E-state index contributed by atoms with van der Waals surface area (Å²) in [6.45, 7) is 2.82. The second kappa shape index (κ2) is 9.97. The third kappa shape index (κ3) is 6.73. The van der Waals surface area contributed by atoms with Crippen LogP contribution in [0.4, 0.5) is 0 Å². The number of aromatic nitrogens is 1. The van der Waals surface area contributed by atoms with Crippen LogP contribution in [0.25, 0.3) is 0 Å². The molecule has 1 atom stereocenters. The van der Waals surface area contributed by atoms with E-state index in [4.69, 9.17) is 4.74 Å². The summed E-state index contributed by atoms with van der Waals surface area (Å²) in [6, 6.07) is 3.79. The summed E-state index contributed by atoms with van der Waals surface area (Å²) >= 11 is 0. The van der Waals surface area contributed by atoms with Crippen LogP contribution in [0.1, 0.15) is 12.0 Å². The van der Waals surface area contributed by atoms with Crippen molar-refractivity contribution in [3.8, 4) is 0 Å². The van der Waals surface area contributed by atoms with E-state index in [0.29, 0.717) is 19.6 Å². The third-order valence-corrected chi connectivity index (χ3v) is 2.63. The average Bonchev–Trinajstić information content (AvgIpc) is 2.39. The molecule has 1 aliphatic rings. The molecule has 1 aliphatic heterocycles. The summed E-state index contributed by atoms with van der Waals surface area (Å²) in [4.78, 5) is 15.6. The smallest absolute Gasteiger partial charge is 0.222 e. The first-order valence-corrected chi connectivity index (χ1v) is 5.82. The van der Waals surface area contributed by atoms with Gasteiger partial charge in [-0.2, -0.15) is 0 Å². The Labute approximate surface area is 125 Å². The number of nitrogens with zero attached hydrogens (tertiary/aromatic N) is 1. The largest absolute Gasteiger partial charge is 0.375 e. The minimum Gasteiger partial charge on any atom is -0.375 e. The van der Waals surface area contributed by atoms with Crippen LogP contribution in [0, 0.1) is 0 Å². The first kappa shape index (κ1) is 18.1. The molecule has 0 spiro atoms. The standard InChI is InChI=1S/C12H17N3O2.2ClH/c16-12(6-11-9-14-4-5-17-11)15-8-10-2-1-3-13-7-10;;/h1-3,7,11,14H,4-6,8-9H2,(H,15,16);2*1H. The van der Waals surface area contributed by atoms with Gasteiger partial charge in [0.15, 0.2) is 0 Å². The second-order valence-electron chi connectivity index (χ2n) is 4.04. The van der Waals surface area contributed by atoms with Crippen LogP contribution in [0.2, 0.25) is 0 Å². The van der Waals surface area contributed by atoms with Gasteiger partial charge in [0.05, 0.1) is 19.1 Å². The lowest BCUT2D eigenvalue weighted by Gasteiger charge is -2.23. The fraction of sp³-hybridized carbons (Fsp3) is 0.500. The minimum atomic E-state index is -0.00218.